The zero-order valence-corrected chi connectivity index (χ0v) is 16.5. The molecule has 0 spiro atoms. The Bertz CT molecular complexity index is 1020. The number of anilines is 1. The lowest BCUT2D eigenvalue weighted by Crippen LogP contribution is -2.34. The summed E-state index contributed by atoms with van der Waals surface area (Å²) in [6.07, 6.45) is 7.17. The first-order chi connectivity index (χ1) is 13.9. The predicted molar refractivity (Wildman–Crippen MR) is 110 cm³/mol. The van der Waals surface area contributed by atoms with Crippen LogP contribution in [0.25, 0.3) is 5.57 Å². The van der Waals surface area contributed by atoms with Crippen LogP contribution in [-0.2, 0) is 16.6 Å². The molecule has 150 valence electrons. The summed E-state index contributed by atoms with van der Waals surface area (Å²) in [6, 6.07) is 5.02. The van der Waals surface area contributed by atoms with E-state index < -0.39 is 5.92 Å². The van der Waals surface area contributed by atoms with Crippen molar-refractivity contribution in [1.29, 1.82) is 0 Å². The summed E-state index contributed by atoms with van der Waals surface area (Å²) in [5.41, 5.74) is 2.23. The van der Waals surface area contributed by atoms with Crippen LogP contribution < -0.4 is 10.9 Å². The molecule has 0 bridgehead atoms. The van der Waals surface area contributed by atoms with Gasteiger partial charge in [-0.15, -0.1) is 0 Å². The molecule has 0 aliphatic carbocycles. The van der Waals surface area contributed by atoms with Gasteiger partial charge < -0.3 is 4.90 Å². The second kappa shape index (κ2) is 8.64. The van der Waals surface area contributed by atoms with Crippen molar-refractivity contribution >= 4 is 23.3 Å². The molecule has 1 aliphatic rings. The van der Waals surface area contributed by atoms with Crippen molar-refractivity contribution in [2.24, 2.45) is 7.05 Å². The first-order valence-electron chi connectivity index (χ1n) is 9.30. The topological polar surface area (TPSA) is 97.2 Å². The molecular weight excluding hydrogens is 370 g/mol. The second-order valence-electron chi connectivity index (χ2n) is 6.84. The number of pyridine rings is 1. The Morgan fingerprint density at radius 1 is 1.28 bits per heavy atom. The first-order valence-corrected chi connectivity index (χ1v) is 9.30. The number of carbonyl (C=O) groups is 2. The van der Waals surface area contributed by atoms with E-state index in [4.69, 9.17) is 0 Å². The second-order valence-corrected chi connectivity index (χ2v) is 6.84. The average Bonchev–Trinajstić information content (AvgIpc) is 2.76. The van der Waals surface area contributed by atoms with Gasteiger partial charge in [-0.3, -0.25) is 29.3 Å². The van der Waals surface area contributed by atoms with Crippen molar-refractivity contribution in [3.8, 4) is 0 Å². The lowest BCUT2D eigenvalue weighted by molar-refractivity contribution is -0.125. The Labute approximate surface area is 168 Å². The van der Waals surface area contributed by atoms with Crippen LogP contribution in [0.5, 0.6) is 0 Å². The third-order valence-electron chi connectivity index (χ3n) is 4.94. The van der Waals surface area contributed by atoms with Crippen molar-refractivity contribution < 1.29 is 9.59 Å². The fourth-order valence-electron chi connectivity index (χ4n) is 3.06. The minimum Gasteiger partial charge on any atom is -0.334 e. The van der Waals surface area contributed by atoms with Crippen LogP contribution in [0.2, 0.25) is 0 Å². The zero-order chi connectivity index (χ0) is 21.0. The highest BCUT2D eigenvalue weighted by molar-refractivity contribution is 5.94. The Morgan fingerprint density at radius 2 is 2.07 bits per heavy atom. The minimum atomic E-state index is -0.479. The van der Waals surface area contributed by atoms with Gasteiger partial charge in [-0.1, -0.05) is 18.7 Å². The molecule has 0 saturated heterocycles. The van der Waals surface area contributed by atoms with Gasteiger partial charge in [0.2, 0.25) is 17.8 Å². The van der Waals surface area contributed by atoms with E-state index in [2.05, 4.69) is 27.9 Å². The number of aromatic nitrogens is 3. The van der Waals surface area contributed by atoms with Gasteiger partial charge in [0, 0.05) is 38.6 Å². The maximum absolute atomic E-state index is 12.6. The molecule has 29 heavy (non-hydrogen) atoms. The number of nitrogens with zero attached hydrogens (tertiary/aromatic N) is 4. The van der Waals surface area contributed by atoms with Crippen molar-refractivity contribution in [2.45, 2.75) is 19.3 Å². The van der Waals surface area contributed by atoms with Gasteiger partial charge in [-0.05, 0) is 36.6 Å². The number of carbonyl (C=O) groups excluding carboxylic acids is 2. The van der Waals surface area contributed by atoms with Crippen LogP contribution in [0.1, 0.15) is 30.5 Å². The summed E-state index contributed by atoms with van der Waals surface area (Å²) in [5.74, 6) is -0.666. The average molecular weight is 393 g/mol. The quantitative estimate of drug-likeness (QED) is 0.780. The summed E-state index contributed by atoms with van der Waals surface area (Å²) in [6.45, 7) is 6.45. The monoisotopic (exact) mass is 393 g/mol. The molecule has 1 aliphatic heterocycles. The van der Waals surface area contributed by atoms with Gasteiger partial charge in [0.25, 0.3) is 5.56 Å². The van der Waals surface area contributed by atoms with Gasteiger partial charge in [-0.2, -0.15) is 0 Å². The van der Waals surface area contributed by atoms with E-state index in [0.717, 1.165) is 23.3 Å². The third-order valence-corrected chi connectivity index (χ3v) is 4.94. The van der Waals surface area contributed by atoms with E-state index >= 15 is 0 Å². The van der Waals surface area contributed by atoms with Crippen LogP contribution in [0.4, 0.5) is 5.95 Å². The van der Waals surface area contributed by atoms with E-state index in [1.165, 1.54) is 22.9 Å². The number of hydrogen-bond acceptors (Lipinski definition) is 5. The molecule has 0 saturated carbocycles. The molecule has 2 aromatic heterocycles. The molecule has 3 heterocycles. The van der Waals surface area contributed by atoms with Crippen LogP contribution in [0, 0.1) is 0 Å². The van der Waals surface area contributed by atoms with Crippen LogP contribution >= 0.6 is 0 Å². The summed E-state index contributed by atoms with van der Waals surface area (Å²) < 4.78 is 1.28. The Hall–Kier alpha value is -3.55. The van der Waals surface area contributed by atoms with Crippen molar-refractivity contribution in [1.82, 2.24) is 19.4 Å². The summed E-state index contributed by atoms with van der Waals surface area (Å²) >= 11 is 0. The van der Waals surface area contributed by atoms with E-state index in [1.807, 2.05) is 12.1 Å². The molecular formula is C21H23N5O3. The Balaban J connectivity index is 1.71. The highest BCUT2D eigenvalue weighted by atomic mass is 16.2. The number of rotatable bonds is 5. The number of nitrogens with one attached hydrogen (secondary N) is 1. The van der Waals surface area contributed by atoms with Gasteiger partial charge >= 0.3 is 0 Å². The van der Waals surface area contributed by atoms with Crippen molar-refractivity contribution in [3.63, 3.8) is 0 Å². The SMILES string of the molecule is C=CC(=O)N1CCC=C(c2ccc(C(C)C(=O)Nc3nccc(=O)n3C)cn2)C1. The molecule has 1 unspecified atom stereocenters. The normalized spacial score (nSPS) is 14.7. The molecule has 1 N–H and O–H groups in total. The number of hydrogen-bond donors (Lipinski definition) is 1. The van der Waals surface area contributed by atoms with Crippen LogP contribution in [0.3, 0.4) is 0 Å². The standard InChI is InChI=1S/C21H23N5O3/c1-4-18(27)26-11-5-6-16(13-26)17-8-7-15(12-23-17)14(2)20(29)24-21-22-10-9-19(28)25(21)3/h4,6-10,12,14H,1,5,11,13H2,2-3H3,(H,22,24,29). The smallest absolute Gasteiger partial charge is 0.254 e. The summed E-state index contributed by atoms with van der Waals surface area (Å²) in [7, 11) is 1.55. The zero-order valence-electron chi connectivity index (χ0n) is 16.5. The molecule has 1 atom stereocenters. The predicted octanol–water partition coefficient (Wildman–Crippen LogP) is 1.72. The fourth-order valence-corrected chi connectivity index (χ4v) is 3.06. The van der Waals surface area contributed by atoms with Crippen LogP contribution in [0.15, 0.2) is 54.1 Å². The largest absolute Gasteiger partial charge is 0.334 e. The molecule has 3 rings (SSSR count). The number of amides is 2. The van der Waals surface area contributed by atoms with Crippen LogP contribution in [-0.4, -0.2) is 44.3 Å². The summed E-state index contributed by atoms with van der Waals surface area (Å²) in [5, 5.41) is 2.67. The van der Waals surface area contributed by atoms with Gasteiger partial charge in [0.15, 0.2) is 0 Å². The highest BCUT2D eigenvalue weighted by Gasteiger charge is 2.20. The summed E-state index contributed by atoms with van der Waals surface area (Å²) in [4.78, 5) is 46.3. The molecule has 2 aromatic rings. The third kappa shape index (κ3) is 4.48. The van der Waals surface area contributed by atoms with Gasteiger partial charge in [0.05, 0.1) is 11.6 Å². The van der Waals surface area contributed by atoms with E-state index in [1.54, 1.807) is 25.1 Å². The fraction of sp³-hybridized carbons (Fsp3) is 0.286. The Morgan fingerprint density at radius 3 is 2.76 bits per heavy atom. The van der Waals surface area contributed by atoms with E-state index in [-0.39, 0.29) is 23.3 Å². The van der Waals surface area contributed by atoms with Crippen molar-refractivity contribution in [2.75, 3.05) is 18.4 Å². The molecule has 0 aromatic carbocycles. The molecule has 0 fully saturated rings. The molecule has 8 nitrogen and oxygen atoms in total. The first kappa shape index (κ1) is 20.2. The maximum Gasteiger partial charge on any atom is 0.254 e. The Kier molecular flexibility index (Phi) is 6.01. The van der Waals surface area contributed by atoms with E-state index in [9.17, 15) is 14.4 Å². The molecule has 8 heteroatoms. The van der Waals surface area contributed by atoms with Gasteiger partial charge in [0.1, 0.15) is 0 Å². The molecule has 2 amide bonds. The van der Waals surface area contributed by atoms with Gasteiger partial charge in [-0.25, -0.2) is 4.98 Å². The maximum atomic E-state index is 12.6. The molecule has 0 radical (unpaired) electrons. The minimum absolute atomic E-state index is 0.0959. The highest BCUT2D eigenvalue weighted by Crippen LogP contribution is 2.22. The van der Waals surface area contributed by atoms with Crippen molar-refractivity contribution in [3.05, 3.63) is 70.9 Å². The lowest BCUT2D eigenvalue weighted by Gasteiger charge is -2.26. The van der Waals surface area contributed by atoms with E-state index in [0.29, 0.717) is 13.1 Å². The lowest BCUT2D eigenvalue weighted by atomic mass is 10.00.